The standard InChI is InChI=1S/C24H21N3O2/c28-23(18-9-2-1-3-10-18)19-11-4-5-12-20(19)24(29)25-15-8-16-27-17-26-21-13-6-7-14-22(21)27/h1-7,9-14,17H,8,15-16H2,(H,25,29). The minimum atomic E-state index is -0.236. The molecule has 144 valence electrons. The zero-order valence-corrected chi connectivity index (χ0v) is 15.9. The van der Waals surface area contributed by atoms with Gasteiger partial charge in [-0.15, -0.1) is 0 Å². The Labute approximate surface area is 169 Å². The fraction of sp³-hybridized carbons (Fsp3) is 0.125. The Morgan fingerprint density at radius 1 is 0.828 bits per heavy atom. The number of rotatable bonds is 7. The van der Waals surface area contributed by atoms with E-state index in [4.69, 9.17) is 0 Å². The summed E-state index contributed by atoms with van der Waals surface area (Å²) in [5.74, 6) is -0.387. The molecule has 29 heavy (non-hydrogen) atoms. The van der Waals surface area contributed by atoms with Crippen molar-refractivity contribution in [3.05, 3.63) is 102 Å². The number of hydrogen-bond acceptors (Lipinski definition) is 3. The van der Waals surface area contributed by atoms with E-state index in [9.17, 15) is 9.59 Å². The highest BCUT2D eigenvalue weighted by Crippen LogP contribution is 2.15. The minimum Gasteiger partial charge on any atom is -0.352 e. The lowest BCUT2D eigenvalue weighted by Crippen LogP contribution is -2.27. The van der Waals surface area contributed by atoms with E-state index >= 15 is 0 Å². The van der Waals surface area contributed by atoms with Crippen molar-refractivity contribution in [2.45, 2.75) is 13.0 Å². The van der Waals surface area contributed by atoms with Crippen molar-refractivity contribution in [1.82, 2.24) is 14.9 Å². The number of carbonyl (C=O) groups excluding carboxylic acids is 2. The monoisotopic (exact) mass is 383 g/mol. The highest BCUT2D eigenvalue weighted by atomic mass is 16.2. The molecule has 1 amide bonds. The zero-order valence-electron chi connectivity index (χ0n) is 15.9. The number of ketones is 1. The van der Waals surface area contributed by atoms with Crippen LogP contribution in [0.25, 0.3) is 11.0 Å². The summed E-state index contributed by atoms with van der Waals surface area (Å²) in [4.78, 5) is 29.9. The number of fused-ring (bicyclic) bond motifs is 1. The van der Waals surface area contributed by atoms with Crippen LogP contribution in [0.3, 0.4) is 0 Å². The SMILES string of the molecule is O=C(NCCCn1cnc2ccccc21)c1ccccc1C(=O)c1ccccc1. The molecule has 1 N–H and O–H groups in total. The van der Waals surface area contributed by atoms with Gasteiger partial charge in [-0.1, -0.05) is 60.7 Å². The van der Waals surface area contributed by atoms with Crippen molar-refractivity contribution < 1.29 is 9.59 Å². The van der Waals surface area contributed by atoms with Crippen LogP contribution in [0.15, 0.2) is 85.2 Å². The molecule has 1 aromatic heterocycles. The molecule has 0 aliphatic rings. The number of hydrogen-bond donors (Lipinski definition) is 1. The summed E-state index contributed by atoms with van der Waals surface area (Å²) in [6, 6.07) is 23.9. The lowest BCUT2D eigenvalue weighted by Gasteiger charge is -2.10. The summed E-state index contributed by atoms with van der Waals surface area (Å²) in [5.41, 5.74) is 3.42. The molecule has 0 aliphatic carbocycles. The Bertz CT molecular complexity index is 1150. The second-order valence-electron chi connectivity index (χ2n) is 6.78. The smallest absolute Gasteiger partial charge is 0.252 e. The number of imidazole rings is 1. The van der Waals surface area contributed by atoms with Gasteiger partial charge in [-0.25, -0.2) is 4.98 Å². The molecule has 0 spiro atoms. The molecule has 0 unspecified atom stereocenters. The normalized spacial score (nSPS) is 10.8. The van der Waals surface area contributed by atoms with Gasteiger partial charge in [0, 0.05) is 24.2 Å². The van der Waals surface area contributed by atoms with Crippen LogP contribution in [0, 0.1) is 0 Å². The largest absolute Gasteiger partial charge is 0.352 e. The van der Waals surface area contributed by atoms with Gasteiger partial charge in [0.15, 0.2) is 5.78 Å². The predicted molar refractivity (Wildman–Crippen MR) is 113 cm³/mol. The van der Waals surface area contributed by atoms with Gasteiger partial charge in [-0.3, -0.25) is 9.59 Å². The second kappa shape index (κ2) is 8.52. The van der Waals surface area contributed by atoms with Crippen molar-refractivity contribution in [2.24, 2.45) is 0 Å². The van der Waals surface area contributed by atoms with Crippen molar-refractivity contribution in [1.29, 1.82) is 0 Å². The number of aromatic nitrogens is 2. The van der Waals surface area contributed by atoms with Crippen LogP contribution in [0.1, 0.15) is 32.7 Å². The third-order valence-electron chi connectivity index (χ3n) is 4.84. The molecule has 5 heteroatoms. The first-order valence-corrected chi connectivity index (χ1v) is 9.61. The summed E-state index contributed by atoms with van der Waals surface area (Å²) in [7, 11) is 0. The van der Waals surface area contributed by atoms with Crippen LogP contribution in [-0.2, 0) is 6.54 Å². The number of benzene rings is 3. The van der Waals surface area contributed by atoms with E-state index in [0.29, 0.717) is 23.2 Å². The van der Waals surface area contributed by atoms with Gasteiger partial charge in [0.2, 0.25) is 0 Å². The fourth-order valence-corrected chi connectivity index (χ4v) is 3.36. The maximum absolute atomic E-state index is 12.8. The first-order valence-electron chi connectivity index (χ1n) is 9.61. The third-order valence-corrected chi connectivity index (χ3v) is 4.84. The third kappa shape index (κ3) is 4.09. The van der Waals surface area contributed by atoms with Gasteiger partial charge in [0.1, 0.15) is 0 Å². The second-order valence-corrected chi connectivity index (χ2v) is 6.78. The quantitative estimate of drug-likeness (QED) is 0.386. The van der Waals surface area contributed by atoms with Crippen molar-refractivity contribution >= 4 is 22.7 Å². The van der Waals surface area contributed by atoms with Crippen LogP contribution in [-0.4, -0.2) is 27.8 Å². The van der Waals surface area contributed by atoms with Crippen LogP contribution in [0.2, 0.25) is 0 Å². The molecule has 0 radical (unpaired) electrons. The summed E-state index contributed by atoms with van der Waals surface area (Å²) < 4.78 is 2.08. The van der Waals surface area contributed by atoms with Crippen LogP contribution < -0.4 is 5.32 Å². The molecule has 4 aromatic rings. The van der Waals surface area contributed by atoms with E-state index in [-0.39, 0.29) is 11.7 Å². The molecule has 0 fully saturated rings. The van der Waals surface area contributed by atoms with E-state index in [1.807, 2.05) is 48.8 Å². The summed E-state index contributed by atoms with van der Waals surface area (Å²) >= 11 is 0. The molecule has 3 aromatic carbocycles. The van der Waals surface area contributed by atoms with Crippen LogP contribution >= 0.6 is 0 Å². The molecule has 5 nitrogen and oxygen atoms in total. The van der Waals surface area contributed by atoms with Crippen molar-refractivity contribution in [3.8, 4) is 0 Å². The van der Waals surface area contributed by atoms with Crippen LogP contribution in [0.4, 0.5) is 0 Å². The molecule has 0 saturated carbocycles. The first kappa shape index (κ1) is 18.6. The number of para-hydroxylation sites is 2. The Morgan fingerprint density at radius 3 is 2.34 bits per heavy atom. The van der Waals surface area contributed by atoms with E-state index < -0.39 is 0 Å². The van der Waals surface area contributed by atoms with Crippen molar-refractivity contribution in [3.63, 3.8) is 0 Å². The molecule has 0 aliphatic heterocycles. The minimum absolute atomic E-state index is 0.152. The molecular formula is C24H21N3O2. The topological polar surface area (TPSA) is 64.0 Å². The maximum atomic E-state index is 12.8. The van der Waals surface area contributed by atoms with E-state index in [0.717, 1.165) is 24.0 Å². The van der Waals surface area contributed by atoms with Gasteiger partial charge in [0.05, 0.1) is 22.9 Å². The number of aryl methyl sites for hydroxylation is 1. The number of carbonyl (C=O) groups is 2. The number of nitrogens with zero attached hydrogens (tertiary/aromatic N) is 2. The number of amides is 1. The highest BCUT2D eigenvalue weighted by molar-refractivity contribution is 6.15. The van der Waals surface area contributed by atoms with Gasteiger partial charge in [-0.2, -0.15) is 0 Å². The van der Waals surface area contributed by atoms with E-state index in [1.54, 1.807) is 36.4 Å². The average molecular weight is 383 g/mol. The fourth-order valence-electron chi connectivity index (χ4n) is 3.36. The van der Waals surface area contributed by atoms with Gasteiger partial charge in [-0.05, 0) is 24.6 Å². The molecule has 0 saturated heterocycles. The van der Waals surface area contributed by atoms with Gasteiger partial charge >= 0.3 is 0 Å². The summed E-state index contributed by atoms with van der Waals surface area (Å²) in [6.45, 7) is 1.27. The Hall–Kier alpha value is -3.73. The molecule has 4 rings (SSSR count). The Balaban J connectivity index is 1.40. The van der Waals surface area contributed by atoms with Gasteiger partial charge in [0.25, 0.3) is 5.91 Å². The molecule has 0 atom stereocenters. The Kier molecular flexibility index (Phi) is 5.47. The van der Waals surface area contributed by atoms with Crippen LogP contribution in [0.5, 0.6) is 0 Å². The predicted octanol–water partition coefficient (Wildman–Crippen LogP) is 4.09. The summed E-state index contributed by atoms with van der Waals surface area (Å²) in [5, 5.41) is 2.93. The first-order chi connectivity index (χ1) is 14.2. The van der Waals surface area contributed by atoms with Crippen molar-refractivity contribution in [2.75, 3.05) is 6.54 Å². The molecule has 0 bridgehead atoms. The molecular weight excluding hydrogens is 362 g/mol. The summed E-state index contributed by atoms with van der Waals surface area (Å²) in [6.07, 6.45) is 2.58. The lowest BCUT2D eigenvalue weighted by atomic mass is 9.98. The molecule has 1 heterocycles. The average Bonchev–Trinajstić information content (AvgIpc) is 3.20. The Morgan fingerprint density at radius 2 is 1.52 bits per heavy atom. The highest BCUT2D eigenvalue weighted by Gasteiger charge is 2.17. The van der Waals surface area contributed by atoms with E-state index in [2.05, 4.69) is 14.9 Å². The van der Waals surface area contributed by atoms with Gasteiger partial charge < -0.3 is 9.88 Å². The number of nitrogens with one attached hydrogen (secondary N) is 1. The maximum Gasteiger partial charge on any atom is 0.252 e. The lowest BCUT2D eigenvalue weighted by molar-refractivity contribution is 0.0941. The zero-order chi connectivity index (χ0) is 20.1. The van der Waals surface area contributed by atoms with E-state index in [1.165, 1.54) is 0 Å².